The molecule has 0 atom stereocenters. The number of amides is 1. The van der Waals surface area contributed by atoms with Gasteiger partial charge in [-0.05, 0) is 18.9 Å². The van der Waals surface area contributed by atoms with Crippen LogP contribution < -0.4 is 5.32 Å². The molecule has 0 unspecified atom stereocenters. The van der Waals surface area contributed by atoms with Gasteiger partial charge in [-0.2, -0.15) is 0 Å². The lowest BCUT2D eigenvalue weighted by molar-refractivity contribution is -0.130. The van der Waals surface area contributed by atoms with Crippen molar-refractivity contribution in [3.05, 3.63) is 34.6 Å². The lowest BCUT2D eigenvalue weighted by Crippen LogP contribution is -2.30. The van der Waals surface area contributed by atoms with Crippen LogP contribution in [0.1, 0.15) is 24.8 Å². The molecule has 0 aliphatic carbocycles. The van der Waals surface area contributed by atoms with E-state index < -0.39 is 0 Å². The second-order valence-corrected chi connectivity index (χ2v) is 5.13. The topological polar surface area (TPSA) is 32.3 Å². The lowest BCUT2D eigenvalue weighted by Gasteiger charge is -2.15. The number of hydrogen-bond donors (Lipinski definition) is 1. The van der Waals surface area contributed by atoms with Crippen molar-refractivity contribution in [2.45, 2.75) is 25.8 Å². The summed E-state index contributed by atoms with van der Waals surface area (Å²) in [7, 11) is 0. The molecule has 1 aromatic carbocycles. The molecule has 0 spiro atoms. The first-order valence-electron chi connectivity index (χ1n) is 6.60. The van der Waals surface area contributed by atoms with E-state index in [2.05, 4.69) is 5.32 Å². The Kier molecular flexibility index (Phi) is 5.16. The standard InChI is InChI=1S/C14H18ClFN2O/c15-12-5-3-4-11(14(12)16)10-17-7-6-13(19)18-8-1-2-9-18/h3-5,17H,1-2,6-10H2. The number of nitrogens with zero attached hydrogens (tertiary/aromatic N) is 1. The van der Waals surface area contributed by atoms with Gasteiger partial charge in [-0.1, -0.05) is 23.7 Å². The molecule has 1 saturated heterocycles. The minimum atomic E-state index is -0.387. The summed E-state index contributed by atoms with van der Waals surface area (Å²) in [5, 5.41) is 3.21. The van der Waals surface area contributed by atoms with Crippen LogP contribution in [-0.2, 0) is 11.3 Å². The van der Waals surface area contributed by atoms with Crippen molar-refractivity contribution in [3.8, 4) is 0 Å². The van der Waals surface area contributed by atoms with E-state index in [1.165, 1.54) is 6.07 Å². The molecule has 104 valence electrons. The molecule has 1 heterocycles. The Hall–Kier alpha value is -1.13. The van der Waals surface area contributed by atoms with Crippen LogP contribution in [0.15, 0.2) is 18.2 Å². The molecule has 19 heavy (non-hydrogen) atoms. The fourth-order valence-electron chi connectivity index (χ4n) is 2.23. The van der Waals surface area contributed by atoms with Crippen LogP contribution in [0.3, 0.4) is 0 Å². The summed E-state index contributed by atoms with van der Waals surface area (Å²) in [6, 6.07) is 4.94. The highest BCUT2D eigenvalue weighted by Crippen LogP contribution is 2.17. The zero-order chi connectivity index (χ0) is 13.7. The minimum absolute atomic E-state index is 0.132. The SMILES string of the molecule is O=C(CCNCc1cccc(Cl)c1F)N1CCCC1. The van der Waals surface area contributed by atoms with Gasteiger partial charge in [0.15, 0.2) is 0 Å². The van der Waals surface area contributed by atoms with Crippen molar-refractivity contribution in [3.63, 3.8) is 0 Å². The van der Waals surface area contributed by atoms with Crippen molar-refractivity contribution in [1.29, 1.82) is 0 Å². The van der Waals surface area contributed by atoms with Crippen molar-refractivity contribution in [1.82, 2.24) is 10.2 Å². The number of likely N-dealkylation sites (tertiary alicyclic amines) is 1. The normalized spacial score (nSPS) is 14.9. The maximum Gasteiger partial charge on any atom is 0.223 e. The second kappa shape index (κ2) is 6.87. The fourth-order valence-corrected chi connectivity index (χ4v) is 2.42. The van der Waals surface area contributed by atoms with Crippen LogP contribution in [-0.4, -0.2) is 30.4 Å². The predicted octanol–water partition coefficient (Wildman–Crippen LogP) is 2.58. The summed E-state index contributed by atoms with van der Waals surface area (Å²) in [5.41, 5.74) is 0.529. The van der Waals surface area contributed by atoms with Gasteiger partial charge in [0, 0.05) is 38.2 Å². The minimum Gasteiger partial charge on any atom is -0.343 e. The summed E-state index contributed by atoms with van der Waals surface area (Å²) < 4.78 is 13.6. The molecule has 1 amide bonds. The number of hydrogen-bond acceptors (Lipinski definition) is 2. The molecular formula is C14H18ClFN2O. The van der Waals surface area contributed by atoms with E-state index in [0.29, 0.717) is 25.1 Å². The third kappa shape index (κ3) is 3.91. The first-order valence-corrected chi connectivity index (χ1v) is 6.97. The molecule has 0 radical (unpaired) electrons. The van der Waals surface area contributed by atoms with Gasteiger partial charge in [-0.25, -0.2) is 4.39 Å². The average molecular weight is 285 g/mol. The van der Waals surface area contributed by atoms with E-state index in [1.54, 1.807) is 12.1 Å². The monoisotopic (exact) mass is 284 g/mol. The Morgan fingerprint density at radius 3 is 2.84 bits per heavy atom. The highest BCUT2D eigenvalue weighted by molar-refractivity contribution is 6.30. The third-order valence-corrected chi connectivity index (χ3v) is 3.61. The summed E-state index contributed by atoms with van der Waals surface area (Å²) >= 11 is 5.70. The van der Waals surface area contributed by atoms with Crippen molar-refractivity contribution < 1.29 is 9.18 Å². The van der Waals surface area contributed by atoms with Crippen molar-refractivity contribution in [2.75, 3.05) is 19.6 Å². The van der Waals surface area contributed by atoms with Crippen LogP contribution in [0, 0.1) is 5.82 Å². The number of halogens is 2. The van der Waals surface area contributed by atoms with Crippen LogP contribution in [0.5, 0.6) is 0 Å². The third-order valence-electron chi connectivity index (χ3n) is 3.32. The first-order chi connectivity index (χ1) is 9.18. The van der Waals surface area contributed by atoms with E-state index in [1.807, 2.05) is 4.90 Å². The van der Waals surface area contributed by atoms with Gasteiger partial charge >= 0.3 is 0 Å². The van der Waals surface area contributed by atoms with Crippen LogP contribution in [0.2, 0.25) is 5.02 Å². The van der Waals surface area contributed by atoms with Crippen LogP contribution in [0.4, 0.5) is 4.39 Å². The highest BCUT2D eigenvalue weighted by atomic mass is 35.5. The van der Waals surface area contributed by atoms with Crippen molar-refractivity contribution in [2.24, 2.45) is 0 Å². The Morgan fingerprint density at radius 2 is 2.11 bits per heavy atom. The maximum absolute atomic E-state index is 13.6. The van der Waals surface area contributed by atoms with E-state index in [-0.39, 0.29) is 16.7 Å². The molecule has 1 aliphatic heterocycles. The largest absolute Gasteiger partial charge is 0.343 e. The predicted molar refractivity (Wildman–Crippen MR) is 73.5 cm³/mol. The zero-order valence-electron chi connectivity index (χ0n) is 10.8. The molecule has 0 saturated carbocycles. The van der Waals surface area contributed by atoms with Gasteiger partial charge in [0.2, 0.25) is 5.91 Å². The first kappa shape index (κ1) is 14.3. The Labute approximate surface area is 117 Å². The summed E-state index contributed by atoms with van der Waals surface area (Å²) in [4.78, 5) is 13.7. The number of carbonyl (C=O) groups excluding carboxylic acids is 1. The van der Waals surface area contributed by atoms with Gasteiger partial charge in [0.1, 0.15) is 5.82 Å². The molecule has 0 aromatic heterocycles. The molecule has 1 aliphatic rings. The second-order valence-electron chi connectivity index (χ2n) is 4.73. The van der Waals surface area contributed by atoms with Gasteiger partial charge in [0.05, 0.1) is 5.02 Å². The number of rotatable bonds is 5. The van der Waals surface area contributed by atoms with Gasteiger partial charge < -0.3 is 10.2 Å². The summed E-state index contributed by atoms with van der Waals surface area (Å²) in [6.45, 7) is 2.70. The van der Waals surface area contributed by atoms with E-state index in [9.17, 15) is 9.18 Å². The molecule has 1 fully saturated rings. The summed E-state index contributed by atoms with van der Waals surface area (Å²) in [6.07, 6.45) is 2.67. The maximum atomic E-state index is 13.6. The Balaban J connectivity index is 1.71. The van der Waals surface area contributed by atoms with Gasteiger partial charge in [-0.15, -0.1) is 0 Å². The molecule has 5 heteroatoms. The van der Waals surface area contributed by atoms with Crippen LogP contribution >= 0.6 is 11.6 Å². The number of carbonyl (C=O) groups is 1. The number of nitrogens with one attached hydrogen (secondary N) is 1. The quantitative estimate of drug-likeness (QED) is 0.843. The fraction of sp³-hybridized carbons (Fsp3) is 0.500. The Bertz CT molecular complexity index is 447. The lowest BCUT2D eigenvalue weighted by atomic mass is 10.2. The average Bonchev–Trinajstić information content (AvgIpc) is 2.93. The molecule has 2 rings (SSSR count). The van der Waals surface area contributed by atoms with Crippen LogP contribution in [0.25, 0.3) is 0 Å². The molecule has 3 nitrogen and oxygen atoms in total. The van der Waals surface area contributed by atoms with Crippen molar-refractivity contribution >= 4 is 17.5 Å². The summed E-state index contributed by atoms with van der Waals surface area (Å²) in [5.74, 6) is -0.209. The molecule has 1 N–H and O–H groups in total. The zero-order valence-corrected chi connectivity index (χ0v) is 11.5. The number of benzene rings is 1. The van der Waals surface area contributed by atoms with Gasteiger partial charge in [0.25, 0.3) is 0 Å². The smallest absolute Gasteiger partial charge is 0.223 e. The van der Waals surface area contributed by atoms with E-state index >= 15 is 0 Å². The molecule has 1 aromatic rings. The van der Waals surface area contributed by atoms with E-state index in [0.717, 1.165) is 25.9 Å². The highest BCUT2D eigenvalue weighted by Gasteiger charge is 2.16. The Morgan fingerprint density at radius 1 is 1.37 bits per heavy atom. The van der Waals surface area contributed by atoms with E-state index in [4.69, 9.17) is 11.6 Å². The molecular weight excluding hydrogens is 267 g/mol. The van der Waals surface area contributed by atoms with Gasteiger partial charge in [-0.3, -0.25) is 4.79 Å². The molecule has 0 bridgehead atoms.